The number of carbonyl (C=O) groups is 2. The molecule has 0 spiro atoms. The maximum absolute atomic E-state index is 13.5. The van der Waals surface area contributed by atoms with Crippen molar-refractivity contribution < 1.29 is 14.4 Å². The first-order chi connectivity index (χ1) is 15.7. The zero-order chi connectivity index (χ0) is 21.9. The van der Waals surface area contributed by atoms with Crippen LogP contribution in [0.5, 0.6) is 0 Å². The van der Waals surface area contributed by atoms with Crippen molar-refractivity contribution in [2.75, 3.05) is 0 Å². The molecule has 1 aromatic heterocycles. The average Bonchev–Trinajstić information content (AvgIpc) is 3.43. The Kier molecular flexibility index (Phi) is 5.38. The maximum atomic E-state index is 13.5. The molecule has 5 nitrogen and oxygen atoms in total. The molecule has 5 heteroatoms. The number of imidazole rings is 1. The van der Waals surface area contributed by atoms with Gasteiger partial charge in [0.05, 0.1) is 6.20 Å². The van der Waals surface area contributed by atoms with Gasteiger partial charge in [0, 0.05) is 29.5 Å². The summed E-state index contributed by atoms with van der Waals surface area (Å²) in [6, 6.07) is 28.6. The first-order valence-electron chi connectivity index (χ1n) is 10.6. The molecule has 1 aliphatic rings. The largest absolute Gasteiger partial charge is 0.407 e. The van der Waals surface area contributed by atoms with Crippen LogP contribution in [0.25, 0.3) is 0 Å². The molecule has 0 bridgehead atoms. The third kappa shape index (κ3) is 3.85. The van der Waals surface area contributed by atoms with Crippen LogP contribution >= 0.6 is 0 Å². The number of hydrogen-bond acceptors (Lipinski definition) is 4. The predicted molar refractivity (Wildman–Crippen MR) is 120 cm³/mol. The Morgan fingerprint density at radius 3 is 2.06 bits per heavy atom. The zero-order valence-corrected chi connectivity index (χ0v) is 17.4. The molecule has 0 saturated heterocycles. The van der Waals surface area contributed by atoms with Crippen LogP contribution in [0, 0.1) is 11.8 Å². The number of hydrogen-bond donors (Lipinski definition) is 0. The minimum absolute atomic E-state index is 0.0129. The van der Waals surface area contributed by atoms with Crippen molar-refractivity contribution in [3.8, 4) is 0 Å². The fourth-order valence-electron chi connectivity index (χ4n) is 4.28. The van der Waals surface area contributed by atoms with E-state index in [0.717, 1.165) is 11.1 Å². The van der Waals surface area contributed by atoms with Crippen LogP contribution in [-0.4, -0.2) is 21.3 Å². The molecule has 1 saturated carbocycles. The van der Waals surface area contributed by atoms with Gasteiger partial charge in [0.25, 0.3) is 0 Å². The highest BCUT2D eigenvalue weighted by Crippen LogP contribution is 2.56. The highest BCUT2D eigenvalue weighted by atomic mass is 16.7. The normalized spacial score (nSPS) is 19.3. The minimum atomic E-state index is -0.466. The van der Waals surface area contributed by atoms with Crippen molar-refractivity contribution in [1.82, 2.24) is 9.71 Å². The lowest BCUT2D eigenvalue weighted by Gasteiger charge is -2.09. The fraction of sp³-hybridized carbons (Fsp3) is 0.148. The molecule has 0 amide bonds. The van der Waals surface area contributed by atoms with E-state index in [2.05, 4.69) is 4.98 Å². The lowest BCUT2D eigenvalue weighted by atomic mass is 10.0. The summed E-state index contributed by atoms with van der Waals surface area (Å²) in [7, 11) is 0. The molecule has 158 valence electrons. The number of rotatable bonds is 8. The molecule has 0 radical (unpaired) electrons. The highest BCUT2D eigenvalue weighted by Gasteiger charge is 2.60. The quantitative estimate of drug-likeness (QED) is 0.389. The molecule has 5 rings (SSSR count). The van der Waals surface area contributed by atoms with E-state index in [0.29, 0.717) is 12.2 Å². The van der Waals surface area contributed by atoms with Crippen LogP contribution in [0.1, 0.15) is 38.0 Å². The van der Waals surface area contributed by atoms with Gasteiger partial charge in [-0.2, -0.15) is 4.73 Å². The first kappa shape index (κ1) is 19.9. The summed E-state index contributed by atoms with van der Waals surface area (Å²) in [5, 5.41) is 0. The zero-order valence-electron chi connectivity index (χ0n) is 17.4. The van der Waals surface area contributed by atoms with Crippen LogP contribution in [0.4, 0.5) is 0 Å². The summed E-state index contributed by atoms with van der Waals surface area (Å²) in [4.78, 5) is 36.9. The molecule has 0 N–H and O–H groups in total. The Bertz CT molecular complexity index is 1220. The average molecular weight is 422 g/mol. The van der Waals surface area contributed by atoms with Crippen LogP contribution in [0.3, 0.4) is 0 Å². The fourth-order valence-corrected chi connectivity index (χ4v) is 4.28. The molecule has 0 aliphatic heterocycles. The van der Waals surface area contributed by atoms with E-state index in [1.807, 2.05) is 78.9 Å². The molecular formula is C27H22N2O3. The summed E-state index contributed by atoms with van der Waals surface area (Å²) < 4.78 is 1.42. The Hall–Kier alpha value is -3.99. The standard InChI is InChI=1S/C27H22N2O3/c30-25(21-14-8-3-9-15-21)23-22(20-12-6-2-7-13-20)24(23)26(31)27-28-16-17-29(27)32-18-19-10-4-1-5-11-19/h1-17,22-24H,18H2/t22-,23-,24+/m0/s1. The van der Waals surface area contributed by atoms with E-state index in [9.17, 15) is 9.59 Å². The smallest absolute Gasteiger partial charge is 0.211 e. The summed E-state index contributed by atoms with van der Waals surface area (Å²) in [5.41, 5.74) is 2.60. The van der Waals surface area contributed by atoms with Crippen LogP contribution in [0.15, 0.2) is 103 Å². The van der Waals surface area contributed by atoms with Gasteiger partial charge < -0.3 is 4.84 Å². The predicted octanol–water partition coefficient (Wildman–Crippen LogP) is 4.61. The summed E-state index contributed by atoms with van der Waals surface area (Å²) in [5.74, 6) is -1.02. The first-order valence-corrected chi connectivity index (χ1v) is 10.6. The molecule has 1 heterocycles. The third-order valence-electron chi connectivity index (χ3n) is 5.91. The van der Waals surface area contributed by atoms with Gasteiger partial charge in [-0.05, 0) is 11.1 Å². The second kappa shape index (κ2) is 8.63. The van der Waals surface area contributed by atoms with Gasteiger partial charge in [-0.3, -0.25) is 9.59 Å². The van der Waals surface area contributed by atoms with E-state index in [1.165, 1.54) is 4.73 Å². The second-order valence-corrected chi connectivity index (χ2v) is 7.92. The molecule has 1 fully saturated rings. The molecule has 3 atom stereocenters. The topological polar surface area (TPSA) is 61.2 Å². The van der Waals surface area contributed by atoms with Crippen LogP contribution in [0.2, 0.25) is 0 Å². The highest BCUT2D eigenvalue weighted by molar-refractivity contribution is 6.08. The molecule has 3 aromatic carbocycles. The second-order valence-electron chi connectivity index (χ2n) is 7.92. The molecule has 32 heavy (non-hydrogen) atoms. The van der Waals surface area contributed by atoms with Crippen molar-refractivity contribution in [2.24, 2.45) is 11.8 Å². The molecular weight excluding hydrogens is 400 g/mol. The molecule has 1 aliphatic carbocycles. The van der Waals surface area contributed by atoms with Gasteiger partial charge in [0.15, 0.2) is 5.78 Å². The molecule has 0 unspecified atom stereocenters. The number of aromatic nitrogens is 2. The third-order valence-corrected chi connectivity index (χ3v) is 5.91. The Labute approximate surface area is 186 Å². The monoisotopic (exact) mass is 422 g/mol. The van der Waals surface area contributed by atoms with E-state index in [4.69, 9.17) is 4.84 Å². The SMILES string of the molecule is O=C(c1ccccc1)[C@@H]1[C@H](C(=O)c2nccn2OCc2ccccc2)[C@H]1c1ccccc1. The van der Waals surface area contributed by atoms with Crippen LogP contribution in [-0.2, 0) is 6.61 Å². The summed E-state index contributed by atoms with van der Waals surface area (Å²) in [6.07, 6.45) is 3.18. The summed E-state index contributed by atoms with van der Waals surface area (Å²) >= 11 is 0. The van der Waals surface area contributed by atoms with Crippen molar-refractivity contribution in [3.05, 3.63) is 126 Å². The van der Waals surface area contributed by atoms with E-state index in [-0.39, 0.29) is 23.3 Å². The van der Waals surface area contributed by atoms with E-state index in [1.54, 1.807) is 24.5 Å². The summed E-state index contributed by atoms with van der Waals surface area (Å²) in [6.45, 7) is 0.316. The van der Waals surface area contributed by atoms with Gasteiger partial charge in [-0.1, -0.05) is 91.0 Å². The van der Waals surface area contributed by atoms with Gasteiger partial charge in [0.1, 0.15) is 6.61 Å². The number of benzene rings is 3. The van der Waals surface area contributed by atoms with Gasteiger partial charge in [-0.15, -0.1) is 0 Å². The number of ketones is 2. The van der Waals surface area contributed by atoms with Gasteiger partial charge >= 0.3 is 0 Å². The lowest BCUT2D eigenvalue weighted by Crippen LogP contribution is -2.20. The minimum Gasteiger partial charge on any atom is -0.407 e. The Morgan fingerprint density at radius 2 is 1.38 bits per heavy atom. The molecule has 4 aromatic rings. The van der Waals surface area contributed by atoms with Gasteiger partial charge in [0.2, 0.25) is 11.6 Å². The van der Waals surface area contributed by atoms with E-state index >= 15 is 0 Å². The van der Waals surface area contributed by atoms with Crippen molar-refractivity contribution >= 4 is 11.6 Å². The van der Waals surface area contributed by atoms with E-state index < -0.39 is 11.8 Å². The Morgan fingerprint density at radius 1 is 0.781 bits per heavy atom. The Balaban J connectivity index is 1.40. The number of Topliss-reactive ketones (excluding diaryl/α,β-unsaturated/α-hetero) is 2. The van der Waals surface area contributed by atoms with Gasteiger partial charge in [-0.25, -0.2) is 4.98 Å². The van der Waals surface area contributed by atoms with Crippen molar-refractivity contribution in [3.63, 3.8) is 0 Å². The lowest BCUT2D eigenvalue weighted by molar-refractivity contribution is 0.0746. The number of carbonyl (C=O) groups excluding carboxylic acids is 2. The number of nitrogens with zero attached hydrogens (tertiary/aromatic N) is 2. The van der Waals surface area contributed by atoms with Crippen molar-refractivity contribution in [1.29, 1.82) is 0 Å². The van der Waals surface area contributed by atoms with Crippen molar-refractivity contribution in [2.45, 2.75) is 12.5 Å². The maximum Gasteiger partial charge on any atom is 0.211 e. The van der Waals surface area contributed by atoms with Crippen LogP contribution < -0.4 is 4.84 Å².